The van der Waals surface area contributed by atoms with Crippen LogP contribution in [0.15, 0.2) is 30.3 Å². The van der Waals surface area contributed by atoms with Gasteiger partial charge in [-0.15, -0.1) is 0 Å². The van der Waals surface area contributed by atoms with Gasteiger partial charge in [0.05, 0.1) is 23.2 Å². The van der Waals surface area contributed by atoms with Crippen LogP contribution in [0, 0.1) is 6.92 Å². The van der Waals surface area contributed by atoms with Crippen molar-refractivity contribution in [3.63, 3.8) is 0 Å². The van der Waals surface area contributed by atoms with Crippen LogP contribution in [0.25, 0.3) is 11.0 Å². The lowest BCUT2D eigenvalue weighted by atomic mass is 10.1. The lowest BCUT2D eigenvalue weighted by Crippen LogP contribution is -2.09. The fraction of sp³-hybridized carbons (Fsp3) is 0.294. The highest BCUT2D eigenvalue weighted by molar-refractivity contribution is 6.30. The van der Waals surface area contributed by atoms with E-state index in [-0.39, 0.29) is 11.0 Å². The molecule has 0 amide bonds. The zero-order valence-electron chi connectivity index (χ0n) is 13.2. The van der Waals surface area contributed by atoms with Crippen LogP contribution in [-0.4, -0.2) is 14.8 Å². The van der Waals surface area contributed by atoms with E-state index in [1.54, 1.807) is 26.0 Å². The molecule has 3 rings (SSSR count). The van der Waals surface area contributed by atoms with Crippen LogP contribution in [0.2, 0.25) is 5.02 Å². The average molecular weight is 354 g/mol. The number of aryl methyl sites for hydroxylation is 2. The summed E-state index contributed by atoms with van der Waals surface area (Å²) in [5.41, 5.74) is 1.19. The summed E-state index contributed by atoms with van der Waals surface area (Å²) in [5, 5.41) is 4.94. The first-order chi connectivity index (χ1) is 11.3. The van der Waals surface area contributed by atoms with Crippen molar-refractivity contribution in [1.29, 1.82) is 0 Å². The third kappa shape index (κ3) is 3.11. The molecule has 3 nitrogen and oxygen atoms in total. The molecule has 0 fully saturated rings. The lowest BCUT2D eigenvalue weighted by molar-refractivity contribution is -0.136. The number of pyridine rings is 1. The highest BCUT2D eigenvalue weighted by atomic mass is 35.5. The van der Waals surface area contributed by atoms with E-state index in [2.05, 4.69) is 10.1 Å². The van der Waals surface area contributed by atoms with Crippen molar-refractivity contribution in [2.75, 3.05) is 0 Å². The molecule has 0 spiro atoms. The zero-order valence-corrected chi connectivity index (χ0v) is 13.9. The number of halogens is 4. The molecule has 126 valence electrons. The molecule has 2 aromatic heterocycles. The predicted octanol–water partition coefficient (Wildman–Crippen LogP) is 5.02. The topological polar surface area (TPSA) is 30.7 Å². The molecule has 1 aromatic carbocycles. The summed E-state index contributed by atoms with van der Waals surface area (Å²) < 4.78 is 41.8. The second-order valence-electron chi connectivity index (χ2n) is 5.58. The fourth-order valence-corrected chi connectivity index (χ4v) is 2.81. The molecular formula is C17H15ClF3N3. The van der Waals surface area contributed by atoms with Gasteiger partial charge in [0.15, 0.2) is 5.65 Å². The maximum Gasteiger partial charge on any atom is 0.417 e. The number of fused-ring (bicyclic) bond motifs is 1. The molecule has 0 aliphatic heterocycles. The van der Waals surface area contributed by atoms with Gasteiger partial charge in [0, 0.05) is 10.7 Å². The van der Waals surface area contributed by atoms with Crippen molar-refractivity contribution in [3.8, 4) is 0 Å². The highest BCUT2D eigenvalue weighted by Gasteiger charge is 2.35. The minimum atomic E-state index is -4.44. The normalized spacial score (nSPS) is 12.1. The Bertz CT molecular complexity index is 883. The second kappa shape index (κ2) is 6.09. The van der Waals surface area contributed by atoms with E-state index in [9.17, 15) is 13.2 Å². The van der Waals surface area contributed by atoms with Crippen molar-refractivity contribution >= 4 is 22.6 Å². The molecule has 0 aliphatic rings. The van der Waals surface area contributed by atoms with Gasteiger partial charge in [0.1, 0.15) is 0 Å². The van der Waals surface area contributed by atoms with Crippen LogP contribution in [-0.2, 0) is 19.1 Å². The minimum absolute atomic E-state index is 0.0636. The number of rotatable bonds is 3. The average Bonchev–Trinajstić information content (AvgIpc) is 2.84. The monoisotopic (exact) mass is 353 g/mol. The Morgan fingerprint density at radius 3 is 2.42 bits per heavy atom. The first-order valence-corrected chi connectivity index (χ1v) is 7.86. The van der Waals surface area contributed by atoms with Crippen LogP contribution in [0.4, 0.5) is 13.2 Å². The van der Waals surface area contributed by atoms with Crippen molar-refractivity contribution in [1.82, 2.24) is 14.8 Å². The van der Waals surface area contributed by atoms with Gasteiger partial charge in [0.2, 0.25) is 0 Å². The van der Waals surface area contributed by atoms with Crippen LogP contribution in [0.3, 0.4) is 0 Å². The van der Waals surface area contributed by atoms with Gasteiger partial charge in [-0.05, 0) is 37.1 Å². The van der Waals surface area contributed by atoms with Gasteiger partial charge >= 0.3 is 6.18 Å². The summed E-state index contributed by atoms with van der Waals surface area (Å²) >= 11 is 5.86. The fourth-order valence-electron chi connectivity index (χ4n) is 2.68. The molecule has 0 bridgehead atoms. The van der Waals surface area contributed by atoms with Crippen LogP contribution in [0.5, 0.6) is 0 Å². The molecule has 0 radical (unpaired) electrons. The Balaban J connectivity index is 2.17. The molecule has 0 aliphatic carbocycles. The number of hydrogen-bond donors (Lipinski definition) is 0. The van der Waals surface area contributed by atoms with Crippen molar-refractivity contribution < 1.29 is 13.2 Å². The lowest BCUT2D eigenvalue weighted by Gasteiger charge is -2.11. The minimum Gasteiger partial charge on any atom is -0.243 e. The van der Waals surface area contributed by atoms with Crippen molar-refractivity contribution in [2.45, 2.75) is 33.0 Å². The molecule has 0 saturated heterocycles. The zero-order chi connectivity index (χ0) is 17.5. The number of benzene rings is 1. The molecule has 0 atom stereocenters. The summed E-state index contributed by atoms with van der Waals surface area (Å²) in [4.78, 5) is 4.38. The summed E-state index contributed by atoms with van der Waals surface area (Å²) in [6.45, 7) is 3.68. The van der Waals surface area contributed by atoms with E-state index in [0.717, 1.165) is 11.6 Å². The Kier molecular flexibility index (Phi) is 4.25. The third-order valence-electron chi connectivity index (χ3n) is 3.84. The maximum absolute atomic E-state index is 13.4. The summed E-state index contributed by atoms with van der Waals surface area (Å²) in [6, 6.07) is 8.23. The standard InChI is InChI=1S/C17H15ClF3N3/c1-3-13-8-14(17(19,20)21)15-10(2)23-24(16(15)22-13)9-11-4-6-12(18)7-5-11/h4-8H,3,9H2,1-2H3. The van der Waals surface area contributed by atoms with Crippen molar-refractivity contribution in [2.24, 2.45) is 0 Å². The van der Waals surface area contributed by atoms with Gasteiger partial charge in [0.25, 0.3) is 0 Å². The Morgan fingerprint density at radius 1 is 1.17 bits per heavy atom. The molecule has 0 unspecified atom stereocenters. The van der Waals surface area contributed by atoms with Gasteiger partial charge in [-0.3, -0.25) is 0 Å². The summed E-state index contributed by atoms with van der Waals surface area (Å²) in [7, 11) is 0. The highest BCUT2D eigenvalue weighted by Crippen LogP contribution is 2.36. The first-order valence-electron chi connectivity index (χ1n) is 7.48. The number of nitrogens with zero attached hydrogens (tertiary/aromatic N) is 3. The molecule has 3 aromatic rings. The molecule has 0 N–H and O–H groups in total. The summed E-state index contributed by atoms with van der Waals surface area (Å²) in [6.07, 6.45) is -4.02. The third-order valence-corrected chi connectivity index (χ3v) is 4.10. The second-order valence-corrected chi connectivity index (χ2v) is 6.02. The van der Waals surface area contributed by atoms with Gasteiger partial charge in [-0.25, -0.2) is 9.67 Å². The maximum atomic E-state index is 13.4. The smallest absolute Gasteiger partial charge is 0.243 e. The molecule has 2 heterocycles. The summed E-state index contributed by atoms with van der Waals surface area (Å²) in [5.74, 6) is 0. The molecule has 24 heavy (non-hydrogen) atoms. The first kappa shape index (κ1) is 16.8. The van der Waals surface area contributed by atoms with E-state index in [1.165, 1.54) is 4.68 Å². The molecule has 7 heteroatoms. The van der Waals surface area contributed by atoms with Gasteiger partial charge in [-0.2, -0.15) is 18.3 Å². The Hall–Kier alpha value is -2.08. The van der Waals surface area contributed by atoms with Crippen LogP contribution >= 0.6 is 11.6 Å². The SMILES string of the molecule is CCc1cc(C(F)(F)F)c2c(C)nn(Cc3ccc(Cl)cc3)c2n1. The van der Waals surface area contributed by atoms with E-state index in [4.69, 9.17) is 11.6 Å². The van der Waals surface area contributed by atoms with E-state index < -0.39 is 11.7 Å². The molecule has 0 saturated carbocycles. The number of aromatic nitrogens is 3. The Labute approximate surface area is 142 Å². The number of hydrogen-bond acceptors (Lipinski definition) is 2. The van der Waals surface area contributed by atoms with Gasteiger partial charge < -0.3 is 0 Å². The van der Waals surface area contributed by atoms with E-state index in [0.29, 0.717) is 29.4 Å². The van der Waals surface area contributed by atoms with Crippen molar-refractivity contribution in [3.05, 3.63) is 57.9 Å². The predicted molar refractivity (Wildman–Crippen MR) is 87.2 cm³/mol. The quantitative estimate of drug-likeness (QED) is 0.661. The van der Waals surface area contributed by atoms with E-state index in [1.807, 2.05) is 12.1 Å². The van der Waals surface area contributed by atoms with E-state index >= 15 is 0 Å². The van der Waals surface area contributed by atoms with Crippen LogP contribution < -0.4 is 0 Å². The van der Waals surface area contributed by atoms with Gasteiger partial charge in [-0.1, -0.05) is 30.7 Å². The largest absolute Gasteiger partial charge is 0.417 e. The van der Waals surface area contributed by atoms with Crippen LogP contribution in [0.1, 0.15) is 29.4 Å². The Morgan fingerprint density at radius 2 is 1.83 bits per heavy atom. The number of alkyl halides is 3. The molecular weight excluding hydrogens is 339 g/mol.